The molecule has 68 valence electrons. The molecule has 0 saturated heterocycles. The van der Waals surface area contributed by atoms with Gasteiger partial charge in [0.2, 0.25) is 0 Å². The largest absolute Gasteiger partial charge is 0.388 e. The van der Waals surface area contributed by atoms with Gasteiger partial charge in [0.25, 0.3) is 0 Å². The van der Waals surface area contributed by atoms with Gasteiger partial charge in [-0.05, 0) is 30.1 Å². The third-order valence-electron chi connectivity index (χ3n) is 2.36. The van der Waals surface area contributed by atoms with Crippen LogP contribution in [0.5, 0.6) is 0 Å². The molecule has 1 aliphatic rings. The highest BCUT2D eigenvalue weighted by molar-refractivity contribution is 5.46. The predicted octanol–water partition coefficient (Wildman–Crippen LogP) is 2.09. The quantitative estimate of drug-likeness (QED) is 0.516. The number of nitrogens with zero attached hydrogens (tertiary/aromatic N) is 1. The van der Waals surface area contributed by atoms with Crippen molar-refractivity contribution in [2.45, 2.75) is 25.9 Å². The molecule has 0 bridgehead atoms. The summed E-state index contributed by atoms with van der Waals surface area (Å²) >= 11 is 0. The maximum absolute atomic E-state index is 9.55. The van der Waals surface area contributed by atoms with Crippen LogP contribution >= 0.6 is 0 Å². The Balaban J connectivity index is 3.00. The van der Waals surface area contributed by atoms with E-state index in [-0.39, 0.29) is 0 Å². The molecule has 0 heterocycles. The van der Waals surface area contributed by atoms with Gasteiger partial charge >= 0.3 is 0 Å². The first-order chi connectivity index (χ1) is 6.20. The second kappa shape index (κ2) is 4.06. The molecule has 1 N–H and O–H groups in total. The molecule has 0 saturated carbocycles. The molecule has 1 aliphatic carbocycles. The second-order valence-corrected chi connectivity index (χ2v) is 3.17. The summed E-state index contributed by atoms with van der Waals surface area (Å²) in [5, 5.41) is 18.1. The first-order valence-electron chi connectivity index (χ1n) is 4.28. The molecule has 0 spiro atoms. The summed E-state index contributed by atoms with van der Waals surface area (Å²) < 4.78 is 0. The van der Waals surface area contributed by atoms with Gasteiger partial charge < -0.3 is 5.11 Å². The summed E-state index contributed by atoms with van der Waals surface area (Å²) in [6.07, 6.45) is 4.20. The van der Waals surface area contributed by atoms with E-state index in [1.54, 1.807) is 6.08 Å². The number of hydrogen-bond donors (Lipinski definition) is 1. The van der Waals surface area contributed by atoms with Gasteiger partial charge in [0, 0.05) is 12.5 Å². The highest BCUT2D eigenvalue weighted by Crippen LogP contribution is 2.33. The minimum absolute atomic E-state index is 0.408. The van der Waals surface area contributed by atoms with Gasteiger partial charge in [-0.1, -0.05) is 6.08 Å². The van der Waals surface area contributed by atoms with Crippen molar-refractivity contribution in [2.75, 3.05) is 0 Å². The van der Waals surface area contributed by atoms with Gasteiger partial charge in [0.15, 0.2) is 0 Å². The number of hydrogen-bond acceptors (Lipinski definition) is 2. The van der Waals surface area contributed by atoms with Crippen LogP contribution in [-0.4, -0.2) is 11.2 Å². The molecule has 2 nitrogen and oxygen atoms in total. The smallest absolute Gasteiger partial charge is 0.0915 e. The number of allylic oxidation sites excluding steroid dienone is 3. The lowest BCUT2D eigenvalue weighted by atomic mass is 10.0. The van der Waals surface area contributed by atoms with E-state index in [1.807, 2.05) is 13.0 Å². The molecule has 0 aromatic rings. The Labute approximate surface area is 78.5 Å². The average molecular weight is 175 g/mol. The normalized spacial score (nSPS) is 25.0. The lowest BCUT2D eigenvalue weighted by molar-refractivity contribution is 0.219. The second-order valence-electron chi connectivity index (χ2n) is 3.17. The van der Waals surface area contributed by atoms with Crippen LogP contribution in [0.3, 0.4) is 0 Å². The molecule has 0 fully saturated rings. The number of rotatable bonds is 2. The molecule has 2 heteroatoms. The zero-order valence-corrected chi connectivity index (χ0v) is 7.75. The van der Waals surface area contributed by atoms with Crippen LogP contribution in [0.2, 0.25) is 0 Å². The van der Waals surface area contributed by atoms with Crippen LogP contribution in [-0.2, 0) is 0 Å². The minimum Gasteiger partial charge on any atom is -0.388 e. The van der Waals surface area contributed by atoms with Crippen LogP contribution < -0.4 is 0 Å². The fourth-order valence-electron chi connectivity index (χ4n) is 1.60. The molecule has 0 radical (unpaired) electrons. The van der Waals surface area contributed by atoms with Gasteiger partial charge in [-0.3, -0.25) is 0 Å². The van der Waals surface area contributed by atoms with E-state index in [2.05, 4.69) is 6.58 Å². The van der Waals surface area contributed by atoms with Crippen molar-refractivity contribution in [1.82, 2.24) is 0 Å². The Morgan fingerprint density at radius 3 is 3.00 bits per heavy atom. The zero-order chi connectivity index (χ0) is 9.84. The van der Waals surface area contributed by atoms with E-state index in [1.165, 1.54) is 6.08 Å². The molecule has 13 heavy (non-hydrogen) atoms. The summed E-state index contributed by atoms with van der Waals surface area (Å²) in [6.45, 7) is 5.56. The lowest BCUT2D eigenvalue weighted by Crippen LogP contribution is -2.01. The van der Waals surface area contributed by atoms with E-state index in [0.29, 0.717) is 6.42 Å². The fraction of sp³-hybridized carbons (Fsp3) is 0.364. The van der Waals surface area contributed by atoms with E-state index in [4.69, 9.17) is 5.26 Å². The lowest BCUT2D eigenvalue weighted by Gasteiger charge is -2.01. The first-order valence-corrected chi connectivity index (χ1v) is 4.28. The predicted molar refractivity (Wildman–Crippen MR) is 51.8 cm³/mol. The topological polar surface area (TPSA) is 44.0 Å². The third-order valence-corrected chi connectivity index (χ3v) is 2.36. The molecule has 1 unspecified atom stereocenters. The number of nitriles is 1. The molecule has 0 amide bonds. The van der Waals surface area contributed by atoms with Crippen LogP contribution in [0.4, 0.5) is 0 Å². The Hall–Kier alpha value is -1.33. The van der Waals surface area contributed by atoms with Gasteiger partial charge in [0.05, 0.1) is 12.2 Å². The van der Waals surface area contributed by atoms with Crippen LogP contribution in [0.1, 0.15) is 19.8 Å². The molecule has 0 aromatic heterocycles. The number of aliphatic hydroxyl groups is 1. The van der Waals surface area contributed by atoms with Crippen LogP contribution in [0.25, 0.3) is 0 Å². The van der Waals surface area contributed by atoms with Crippen molar-refractivity contribution < 1.29 is 5.11 Å². The summed E-state index contributed by atoms with van der Waals surface area (Å²) in [7, 11) is 0. The highest BCUT2D eigenvalue weighted by Gasteiger charge is 2.23. The van der Waals surface area contributed by atoms with Crippen molar-refractivity contribution >= 4 is 0 Å². The Bertz CT molecular complexity index is 317. The molecule has 0 aliphatic heterocycles. The van der Waals surface area contributed by atoms with Gasteiger partial charge in [-0.2, -0.15) is 5.26 Å². The van der Waals surface area contributed by atoms with Crippen molar-refractivity contribution in [3.05, 3.63) is 35.5 Å². The molecule has 0 aromatic carbocycles. The Morgan fingerprint density at radius 1 is 1.77 bits per heavy atom. The first kappa shape index (κ1) is 9.76. The Morgan fingerprint density at radius 2 is 2.46 bits per heavy atom. The van der Waals surface area contributed by atoms with Crippen molar-refractivity contribution in [3.8, 4) is 6.07 Å². The fourth-order valence-corrected chi connectivity index (χ4v) is 1.60. The van der Waals surface area contributed by atoms with E-state index >= 15 is 0 Å². The summed E-state index contributed by atoms with van der Waals surface area (Å²) in [5.74, 6) is 0. The van der Waals surface area contributed by atoms with E-state index < -0.39 is 6.10 Å². The molecule has 1 rings (SSSR count). The summed E-state index contributed by atoms with van der Waals surface area (Å²) in [6, 6.07) is 2.00. The molecule has 1 atom stereocenters. The van der Waals surface area contributed by atoms with Crippen LogP contribution in [0, 0.1) is 11.3 Å². The summed E-state index contributed by atoms with van der Waals surface area (Å²) in [5.41, 5.74) is 3.00. The third kappa shape index (κ3) is 1.88. The average Bonchev–Trinajstić information content (AvgIpc) is 2.34. The molecular formula is C11H13NO. The monoisotopic (exact) mass is 175 g/mol. The van der Waals surface area contributed by atoms with Crippen molar-refractivity contribution in [2.24, 2.45) is 0 Å². The van der Waals surface area contributed by atoms with Gasteiger partial charge in [-0.15, -0.1) is 6.58 Å². The van der Waals surface area contributed by atoms with Crippen molar-refractivity contribution in [3.63, 3.8) is 0 Å². The maximum atomic E-state index is 9.55. The van der Waals surface area contributed by atoms with E-state index in [9.17, 15) is 5.11 Å². The SMILES string of the molecule is C=CCC1=C(C)C(O)CC1=CC#N. The van der Waals surface area contributed by atoms with Crippen LogP contribution in [0.15, 0.2) is 35.5 Å². The zero-order valence-electron chi connectivity index (χ0n) is 7.75. The van der Waals surface area contributed by atoms with E-state index in [0.717, 1.165) is 23.1 Å². The summed E-state index contributed by atoms with van der Waals surface area (Å²) in [4.78, 5) is 0. The van der Waals surface area contributed by atoms with Gasteiger partial charge in [0.1, 0.15) is 0 Å². The highest BCUT2D eigenvalue weighted by atomic mass is 16.3. The standard InChI is InChI=1S/C11H13NO/c1-3-4-10-8(2)11(13)7-9(10)5-6-12/h3,5,11,13H,1,4,7H2,2H3. The number of aliphatic hydroxyl groups excluding tert-OH is 1. The van der Waals surface area contributed by atoms with Crippen molar-refractivity contribution in [1.29, 1.82) is 5.26 Å². The molecular weight excluding hydrogens is 162 g/mol. The van der Waals surface area contributed by atoms with Gasteiger partial charge in [-0.25, -0.2) is 0 Å². The minimum atomic E-state index is -0.408. The Kier molecular flexibility index (Phi) is 3.05. The maximum Gasteiger partial charge on any atom is 0.0915 e.